The van der Waals surface area contributed by atoms with Crippen LogP contribution in [-0.4, -0.2) is 22.0 Å². The molecule has 0 radical (unpaired) electrons. The molecule has 1 rings (SSSR count). The Labute approximate surface area is 116 Å². The first-order valence-electron chi connectivity index (χ1n) is 7.36. The number of nitrogens with zero attached hydrogens (tertiary/aromatic N) is 2. The zero-order chi connectivity index (χ0) is 14.4. The van der Waals surface area contributed by atoms with Crippen molar-refractivity contribution in [1.82, 2.24) is 9.78 Å². The van der Waals surface area contributed by atoms with E-state index in [2.05, 4.69) is 32.8 Å². The molecule has 1 aromatic heterocycles. The minimum absolute atomic E-state index is 0.220. The van der Waals surface area contributed by atoms with Gasteiger partial charge in [0.25, 0.3) is 0 Å². The average molecular weight is 268 g/mol. The molecule has 1 heterocycles. The maximum atomic E-state index is 10.7. The third-order valence-corrected chi connectivity index (χ3v) is 3.69. The largest absolute Gasteiger partial charge is 0.493 e. The highest BCUT2D eigenvalue weighted by Gasteiger charge is 2.27. The van der Waals surface area contributed by atoms with Gasteiger partial charge in [0.15, 0.2) is 5.75 Å². The molecular weight excluding hydrogens is 240 g/mol. The van der Waals surface area contributed by atoms with Gasteiger partial charge in [-0.1, -0.05) is 33.1 Å². The summed E-state index contributed by atoms with van der Waals surface area (Å²) in [5, 5.41) is 15.0. The van der Waals surface area contributed by atoms with Gasteiger partial charge in [0.1, 0.15) is 11.8 Å². The minimum Gasteiger partial charge on any atom is -0.493 e. The van der Waals surface area contributed by atoms with Crippen LogP contribution in [0.5, 0.6) is 5.75 Å². The van der Waals surface area contributed by atoms with Gasteiger partial charge in [-0.05, 0) is 26.2 Å². The topological polar surface area (TPSA) is 47.3 Å². The Hall–Kier alpha value is -1.03. The molecule has 0 aromatic carbocycles. The van der Waals surface area contributed by atoms with Crippen molar-refractivity contribution >= 4 is 0 Å². The number of aromatic nitrogens is 2. The molecule has 0 saturated carbocycles. The summed E-state index contributed by atoms with van der Waals surface area (Å²) in [7, 11) is 1.63. The molecule has 0 bridgehead atoms. The highest BCUT2D eigenvalue weighted by molar-refractivity contribution is 5.28. The normalized spacial score (nSPS) is 14.7. The predicted molar refractivity (Wildman–Crippen MR) is 77.4 cm³/mol. The van der Waals surface area contributed by atoms with Crippen LogP contribution in [0.4, 0.5) is 0 Å². The molecule has 0 aliphatic rings. The van der Waals surface area contributed by atoms with Crippen molar-refractivity contribution in [2.45, 2.75) is 65.5 Å². The Morgan fingerprint density at radius 1 is 1.37 bits per heavy atom. The van der Waals surface area contributed by atoms with Gasteiger partial charge in [-0.15, -0.1) is 0 Å². The smallest absolute Gasteiger partial charge is 0.162 e. The van der Waals surface area contributed by atoms with Crippen molar-refractivity contribution in [3.05, 3.63) is 11.9 Å². The number of rotatable bonds is 8. The Kier molecular flexibility index (Phi) is 6.35. The number of aliphatic hydroxyl groups is 1. The van der Waals surface area contributed by atoms with E-state index in [1.165, 1.54) is 0 Å². The van der Waals surface area contributed by atoms with Crippen molar-refractivity contribution < 1.29 is 9.84 Å². The standard InChI is InChI=1S/C15H28N2O2/c1-6-8-9-12(7-2)15(18)14-13(19-5)10-16-17(14)11(3)4/h10-12,15,18H,6-9H2,1-5H3. The van der Waals surface area contributed by atoms with E-state index >= 15 is 0 Å². The molecule has 0 saturated heterocycles. The van der Waals surface area contributed by atoms with Gasteiger partial charge in [-0.25, -0.2) is 0 Å². The van der Waals surface area contributed by atoms with Crippen molar-refractivity contribution in [3.8, 4) is 5.75 Å². The molecule has 1 aromatic rings. The van der Waals surface area contributed by atoms with Crippen molar-refractivity contribution in [2.75, 3.05) is 7.11 Å². The van der Waals surface area contributed by atoms with E-state index < -0.39 is 6.10 Å². The summed E-state index contributed by atoms with van der Waals surface area (Å²) in [6.45, 7) is 8.44. The number of methoxy groups -OCH3 is 1. The minimum atomic E-state index is -0.503. The zero-order valence-corrected chi connectivity index (χ0v) is 12.9. The molecule has 0 aliphatic carbocycles. The summed E-state index contributed by atoms with van der Waals surface area (Å²) in [6, 6.07) is 0.220. The van der Waals surface area contributed by atoms with Crippen molar-refractivity contribution in [3.63, 3.8) is 0 Å². The van der Waals surface area contributed by atoms with Gasteiger partial charge < -0.3 is 9.84 Å². The number of aliphatic hydroxyl groups excluding tert-OH is 1. The second kappa shape index (κ2) is 7.53. The first-order valence-corrected chi connectivity index (χ1v) is 7.36. The Bertz CT molecular complexity index is 374. The van der Waals surface area contributed by atoms with Crippen LogP contribution in [-0.2, 0) is 0 Å². The van der Waals surface area contributed by atoms with E-state index in [0.717, 1.165) is 31.4 Å². The van der Waals surface area contributed by atoms with Crippen LogP contribution in [0.25, 0.3) is 0 Å². The molecule has 110 valence electrons. The SMILES string of the molecule is CCCCC(CC)C(O)c1c(OC)cnn1C(C)C. The Morgan fingerprint density at radius 3 is 2.53 bits per heavy atom. The first-order chi connectivity index (χ1) is 9.06. The average Bonchev–Trinajstić information content (AvgIpc) is 2.83. The fourth-order valence-corrected chi connectivity index (χ4v) is 2.48. The number of ether oxygens (including phenoxy) is 1. The molecule has 1 N–H and O–H groups in total. The second-order valence-corrected chi connectivity index (χ2v) is 5.39. The van der Waals surface area contributed by atoms with Crippen LogP contribution in [0.3, 0.4) is 0 Å². The van der Waals surface area contributed by atoms with Crippen LogP contribution in [0.1, 0.15) is 71.2 Å². The number of hydrogen-bond donors (Lipinski definition) is 1. The third-order valence-electron chi connectivity index (χ3n) is 3.69. The number of unbranched alkanes of at least 4 members (excludes halogenated alkanes) is 1. The highest BCUT2D eigenvalue weighted by Crippen LogP contribution is 2.35. The van der Waals surface area contributed by atoms with Gasteiger partial charge in [0, 0.05) is 6.04 Å². The van der Waals surface area contributed by atoms with Gasteiger partial charge in [-0.3, -0.25) is 4.68 Å². The zero-order valence-electron chi connectivity index (χ0n) is 12.9. The summed E-state index contributed by atoms with van der Waals surface area (Å²) < 4.78 is 7.23. The monoisotopic (exact) mass is 268 g/mol. The van der Waals surface area contributed by atoms with Crippen LogP contribution in [0, 0.1) is 5.92 Å². The van der Waals surface area contributed by atoms with Crippen molar-refractivity contribution in [2.24, 2.45) is 5.92 Å². The van der Waals surface area contributed by atoms with Crippen LogP contribution in [0.15, 0.2) is 6.20 Å². The summed E-state index contributed by atoms with van der Waals surface area (Å²) in [4.78, 5) is 0. The molecule has 2 unspecified atom stereocenters. The number of hydrogen-bond acceptors (Lipinski definition) is 3. The predicted octanol–water partition coefficient (Wildman–Crippen LogP) is 3.72. The Balaban J connectivity index is 3.01. The van der Waals surface area contributed by atoms with Gasteiger partial charge >= 0.3 is 0 Å². The molecule has 0 aliphatic heterocycles. The fraction of sp³-hybridized carbons (Fsp3) is 0.800. The van der Waals surface area contributed by atoms with Crippen LogP contribution in [0.2, 0.25) is 0 Å². The summed E-state index contributed by atoms with van der Waals surface area (Å²) in [5.41, 5.74) is 0.820. The van der Waals surface area contributed by atoms with Gasteiger partial charge in [0.2, 0.25) is 0 Å². The molecule has 4 heteroatoms. The molecule has 0 fully saturated rings. The molecular formula is C15H28N2O2. The molecule has 19 heavy (non-hydrogen) atoms. The summed E-state index contributed by atoms with van der Waals surface area (Å²) >= 11 is 0. The summed E-state index contributed by atoms with van der Waals surface area (Å²) in [6.07, 6.45) is 5.51. The third kappa shape index (κ3) is 3.72. The maximum absolute atomic E-state index is 10.7. The lowest BCUT2D eigenvalue weighted by Gasteiger charge is -2.24. The van der Waals surface area contributed by atoms with E-state index in [0.29, 0.717) is 5.75 Å². The Morgan fingerprint density at radius 2 is 2.05 bits per heavy atom. The second-order valence-electron chi connectivity index (χ2n) is 5.39. The van der Waals surface area contributed by atoms with E-state index in [4.69, 9.17) is 4.74 Å². The van der Waals surface area contributed by atoms with E-state index in [1.807, 2.05) is 4.68 Å². The first kappa shape index (κ1) is 16.0. The van der Waals surface area contributed by atoms with Gasteiger partial charge in [0.05, 0.1) is 13.3 Å². The van der Waals surface area contributed by atoms with E-state index in [1.54, 1.807) is 13.3 Å². The lowest BCUT2D eigenvalue weighted by atomic mass is 9.91. The molecule has 0 amide bonds. The van der Waals surface area contributed by atoms with E-state index in [-0.39, 0.29) is 12.0 Å². The molecule has 2 atom stereocenters. The fourth-order valence-electron chi connectivity index (χ4n) is 2.48. The van der Waals surface area contributed by atoms with Crippen LogP contribution >= 0.6 is 0 Å². The van der Waals surface area contributed by atoms with Gasteiger partial charge in [-0.2, -0.15) is 5.10 Å². The maximum Gasteiger partial charge on any atom is 0.162 e. The van der Waals surface area contributed by atoms with Crippen LogP contribution < -0.4 is 4.74 Å². The summed E-state index contributed by atoms with van der Waals surface area (Å²) in [5.74, 6) is 0.958. The molecule has 0 spiro atoms. The quantitative estimate of drug-likeness (QED) is 0.781. The molecule has 4 nitrogen and oxygen atoms in total. The highest BCUT2D eigenvalue weighted by atomic mass is 16.5. The van der Waals surface area contributed by atoms with E-state index in [9.17, 15) is 5.11 Å². The lowest BCUT2D eigenvalue weighted by Crippen LogP contribution is -2.18. The van der Waals surface area contributed by atoms with Crippen molar-refractivity contribution in [1.29, 1.82) is 0 Å². The lowest BCUT2D eigenvalue weighted by molar-refractivity contribution is 0.0861.